The zero-order valence-electron chi connectivity index (χ0n) is 15.1. The molecule has 0 N–H and O–H groups in total. The lowest BCUT2D eigenvalue weighted by molar-refractivity contribution is 0.136. The number of thioether (sulfide) groups is 1. The minimum atomic E-state index is -0.308. The van der Waals surface area contributed by atoms with Gasteiger partial charge in [0.05, 0.1) is 24.2 Å². The highest BCUT2D eigenvalue weighted by atomic mass is 32.2. The summed E-state index contributed by atoms with van der Waals surface area (Å²) in [6.07, 6.45) is -0.283. The molecule has 2 unspecified atom stereocenters. The molecule has 2 atom stereocenters. The van der Waals surface area contributed by atoms with Crippen molar-refractivity contribution in [2.75, 3.05) is 13.1 Å². The molecule has 0 spiro atoms. The molecule has 0 aliphatic rings. The van der Waals surface area contributed by atoms with E-state index in [4.69, 9.17) is 4.74 Å². The van der Waals surface area contributed by atoms with E-state index >= 15 is 0 Å². The highest BCUT2D eigenvalue weighted by Gasteiger charge is 2.15. The molecule has 0 heterocycles. The van der Waals surface area contributed by atoms with E-state index in [1.165, 1.54) is 0 Å². The van der Waals surface area contributed by atoms with Gasteiger partial charge >= 0.3 is 5.30 Å². The number of nitrogens with zero attached hydrogens (tertiary/aromatic N) is 4. The van der Waals surface area contributed by atoms with Crippen LogP contribution >= 0.6 is 11.8 Å². The lowest BCUT2D eigenvalue weighted by Gasteiger charge is -2.14. The maximum absolute atomic E-state index is 11.8. The number of carbonyl (C=O) groups is 1. The summed E-state index contributed by atoms with van der Waals surface area (Å²) in [4.78, 5) is 11.8. The van der Waals surface area contributed by atoms with Crippen LogP contribution in [0.25, 0.3) is 0 Å². The first-order chi connectivity index (χ1) is 9.89. The number of hydrogen-bond acceptors (Lipinski definition) is 7. The van der Waals surface area contributed by atoms with Crippen LogP contribution in [0.2, 0.25) is 0 Å². The summed E-state index contributed by atoms with van der Waals surface area (Å²) >= 11 is 1.13. The summed E-state index contributed by atoms with van der Waals surface area (Å²) < 4.78 is 5.28. The van der Waals surface area contributed by atoms with Crippen molar-refractivity contribution in [3.8, 4) is 0 Å². The van der Waals surface area contributed by atoms with Crippen molar-refractivity contribution in [3.63, 3.8) is 0 Å². The number of azo groups is 2. The minimum absolute atomic E-state index is 0.0296. The van der Waals surface area contributed by atoms with Gasteiger partial charge in [-0.15, -0.1) is 0 Å². The summed E-state index contributed by atoms with van der Waals surface area (Å²) in [7, 11) is 0. The van der Waals surface area contributed by atoms with Crippen LogP contribution in [-0.2, 0) is 4.74 Å². The molecule has 0 bridgehead atoms. The first kappa shape index (κ1) is 21.0. The molecule has 0 amide bonds. The third-order valence-electron chi connectivity index (χ3n) is 2.01. The van der Waals surface area contributed by atoms with Gasteiger partial charge in [0, 0.05) is 5.25 Å². The monoisotopic (exact) mass is 330 g/mol. The Morgan fingerprint density at radius 1 is 0.955 bits per heavy atom. The number of carbonyl (C=O) groups excluding carboxylic acids is 1. The van der Waals surface area contributed by atoms with E-state index in [9.17, 15) is 4.79 Å². The Balaban J connectivity index is 4.07. The fraction of sp³-hybridized carbons (Fsp3) is 0.933. The van der Waals surface area contributed by atoms with E-state index in [0.29, 0.717) is 13.1 Å². The molecule has 0 aromatic rings. The zero-order chi connectivity index (χ0) is 17.4. The van der Waals surface area contributed by atoms with Gasteiger partial charge < -0.3 is 4.74 Å². The lowest BCUT2D eigenvalue weighted by Crippen LogP contribution is -2.18. The van der Waals surface area contributed by atoms with Gasteiger partial charge in [0.25, 0.3) is 0 Å². The summed E-state index contributed by atoms with van der Waals surface area (Å²) in [5.41, 5.74) is -0.386. The van der Waals surface area contributed by atoms with E-state index in [0.717, 1.165) is 11.8 Å². The van der Waals surface area contributed by atoms with Crippen LogP contribution in [0.3, 0.4) is 0 Å². The third kappa shape index (κ3) is 14.0. The topological polar surface area (TPSA) is 75.7 Å². The second-order valence-electron chi connectivity index (χ2n) is 7.30. The third-order valence-corrected chi connectivity index (χ3v) is 2.85. The van der Waals surface area contributed by atoms with Crippen molar-refractivity contribution in [1.82, 2.24) is 0 Å². The van der Waals surface area contributed by atoms with E-state index < -0.39 is 0 Å². The summed E-state index contributed by atoms with van der Waals surface area (Å²) in [6, 6.07) is 0. The SMILES string of the molecule is CC(CN=NC(C)(C)C)OC(=O)SC(C)CN=NC(C)(C)C. The quantitative estimate of drug-likeness (QED) is 0.500. The van der Waals surface area contributed by atoms with Crippen molar-refractivity contribution in [1.29, 1.82) is 0 Å². The van der Waals surface area contributed by atoms with Gasteiger partial charge in [-0.3, -0.25) is 0 Å². The van der Waals surface area contributed by atoms with Gasteiger partial charge in [-0.2, -0.15) is 20.5 Å². The van der Waals surface area contributed by atoms with Crippen LogP contribution in [0.5, 0.6) is 0 Å². The molecule has 0 saturated carbocycles. The van der Waals surface area contributed by atoms with Crippen molar-refractivity contribution in [3.05, 3.63) is 0 Å². The second-order valence-corrected chi connectivity index (χ2v) is 8.67. The van der Waals surface area contributed by atoms with Gasteiger partial charge in [0.1, 0.15) is 6.10 Å². The predicted molar refractivity (Wildman–Crippen MR) is 91.9 cm³/mol. The van der Waals surface area contributed by atoms with E-state index in [1.54, 1.807) is 0 Å². The average molecular weight is 330 g/mol. The first-order valence-electron chi connectivity index (χ1n) is 7.53. The molecule has 7 heteroatoms. The molecule has 0 radical (unpaired) electrons. The fourth-order valence-electron chi connectivity index (χ4n) is 1.17. The van der Waals surface area contributed by atoms with Gasteiger partial charge in [-0.1, -0.05) is 6.92 Å². The van der Waals surface area contributed by atoms with Crippen LogP contribution in [0.4, 0.5) is 4.79 Å². The molecule has 22 heavy (non-hydrogen) atoms. The fourth-order valence-corrected chi connectivity index (χ4v) is 1.86. The highest BCUT2D eigenvalue weighted by Crippen LogP contribution is 2.17. The summed E-state index contributed by atoms with van der Waals surface area (Å²) in [5.74, 6) is 0. The molecule has 128 valence electrons. The Kier molecular flexibility index (Phi) is 8.81. The maximum atomic E-state index is 11.8. The van der Waals surface area contributed by atoms with Gasteiger partial charge in [-0.25, -0.2) is 4.79 Å². The van der Waals surface area contributed by atoms with E-state index in [2.05, 4.69) is 20.5 Å². The van der Waals surface area contributed by atoms with Crippen LogP contribution in [-0.4, -0.2) is 40.8 Å². The molecule has 0 saturated heterocycles. The van der Waals surface area contributed by atoms with Gasteiger partial charge in [0.15, 0.2) is 0 Å². The minimum Gasteiger partial charge on any atom is -0.453 e. The Morgan fingerprint density at radius 2 is 1.41 bits per heavy atom. The predicted octanol–water partition coefficient (Wildman–Crippen LogP) is 5.13. The Hall–Kier alpha value is -0.980. The molecular weight excluding hydrogens is 300 g/mol. The molecule has 0 aliphatic heterocycles. The lowest BCUT2D eigenvalue weighted by atomic mass is 10.1. The van der Waals surface area contributed by atoms with Crippen molar-refractivity contribution < 1.29 is 9.53 Å². The molecule has 0 rings (SSSR count). The normalized spacial score (nSPS) is 16.2. The number of rotatable bonds is 6. The van der Waals surface area contributed by atoms with Crippen molar-refractivity contribution in [2.24, 2.45) is 20.5 Å². The average Bonchev–Trinajstić information content (AvgIpc) is 2.24. The van der Waals surface area contributed by atoms with Crippen LogP contribution in [0.1, 0.15) is 55.4 Å². The van der Waals surface area contributed by atoms with E-state index in [1.807, 2.05) is 55.4 Å². The smallest absolute Gasteiger partial charge is 0.367 e. The van der Waals surface area contributed by atoms with Gasteiger partial charge in [-0.05, 0) is 60.2 Å². The molecule has 6 nitrogen and oxygen atoms in total. The van der Waals surface area contributed by atoms with E-state index in [-0.39, 0.29) is 27.7 Å². The van der Waals surface area contributed by atoms with Crippen LogP contribution in [0, 0.1) is 0 Å². The largest absolute Gasteiger partial charge is 0.453 e. The number of hydrogen-bond donors (Lipinski definition) is 0. The van der Waals surface area contributed by atoms with Gasteiger partial charge in [0.2, 0.25) is 0 Å². The molecular formula is C15H30N4O2S. The summed E-state index contributed by atoms with van der Waals surface area (Å²) in [6.45, 7) is 16.5. The molecule has 0 aromatic carbocycles. The molecule has 0 aliphatic carbocycles. The second kappa shape index (κ2) is 9.22. The maximum Gasteiger partial charge on any atom is 0.367 e. The number of ether oxygens (including phenoxy) is 1. The van der Waals surface area contributed by atoms with Crippen molar-refractivity contribution >= 4 is 17.1 Å². The highest BCUT2D eigenvalue weighted by molar-refractivity contribution is 8.13. The van der Waals surface area contributed by atoms with Crippen LogP contribution in [0.15, 0.2) is 20.5 Å². The molecule has 0 aromatic heterocycles. The summed E-state index contributed by atoms with van der Waals surface area (Å²) in [5, 5.41) is 16.2. The zero-order valence-corrected chi connectivity index (χ0v) is 15.9. The Labute approximate surface area is 138 Å². The first-order valence-corrected chi connectivity index (χ1v) is 8.41. The van der Waals surface area contributed by atoms with Crippen LogP contribution < -0.4 is 0 Å². The van der Waals surface area contributed by atoms with Crippen molar-refractivity contribution in [2.45, 2.75) is 77.8 Å². The Bertz CT molecular complexity index is 361. The Morgan fingerprint density at radius 3 is 1.86 bits per heavy atom. The molecule has 0 fully saturated rings. The standard InChI is InChI=1S/C15H30N4O2S/c1-11(9-16-18-14(3,4)5)21-13(20)22-12(2)10-17-19-15(6,7)8/h11-12H,9-10H2,1-8H3.